The van der Waals surface area contributed by atoms with Crippen molar-refractivity contribution in [3.05, 3.63) is 54.5 Å². The van der Waals surface area contributed by atoms with Gasteiger partial charge in [0.2, 0.25) is 0 Å². The van der Waals surface area contributed by atoms with Crippen molar-refractivity contribution in [2.75, 3.05) is 29.8 Å². The van der Waals surface area contributed by atoms with Gasteiger partial charge in [-0.2, -0.15) is 16.9 Å². The first-order valence-electron chi connectivity index (χ1n) is 11.4. The number of fused-ring (bicyclic) bond motifs is 2. The third-order valence-corrected chi connectivity index (χ3v) is 6.80. The fourth-order valence-corrected chi connectivity index (χ4v) is 4.93. The van der Waals surface area contributed by atoms with Crippen LogP contribution in [0.4, 0.5) is 17.3 Å². The van der Waals surface area contributed by atoms with E-state index in [-0.39, 0.29) is 0 Å². The van der Waals surface area contributed by atoms with E-state index in [0.717, 1.165) is 33.4 Å². The molecule has 0 bridgehead atoms. The molecule has 0 saturated heterocycles. The number of aromatic amines is 2. The van der Waals surface area contributed by atoms with Crippen molar-refractivity contribution in [2.45, 2.75) is 19.4 Å². The molecule has 0 aliphatic heterocycles. The van der Waals surface area contributed by atoms with E-state index in [2.05, 4.69) is 20.1 Å². The molecule has 0 aliphatic carbocycles. The highest BCUT2D eigenvalue weighted by atomic mass is 32.2. The first-order chi connectivity index (χ1) is 17.4. The minimum Gasteiger partial charge on any atom is -0.496 e. The Kier molecular flexibility index (Phi) is 6.23. The average molecular weight is 506 g/mol. The van der Waals surface area contributed by atoms with Gasteiger partial charge in [0.05, 0.1) is 35.5 Å². The third-order valence-electron chi connectivity index (χ3n) is 6.16. The number of carboxylic acids is 1. The summed E-state index contributed by atoms with van der Waals surface area (Å²) < 4.78 is 7.12. The van der Waals surface area contributed by atoms with Crippen LogP contribution in [0.5, 0.6) is 5.75 Å². The highest BCUT2D eigenvalue weighted by molar-refractivity contribution is 7.98. The molecule has 0 radical (unpaired) electrons. The van der Waals surface area contributed by atoms with Crippen LogP contribution in [0.3, 0.4) is 0 Å². The molecule has 0 aliphatic rings. The summed E-state index contributed by atoms with van der Waals surface area (Å²) in [6.45, 7) is 1.90. The van der Waals surface area contributed by atoms with Gasteiger partial charge in [-0.25, -0.2) is 14.5 Å². The van der Waals surface area contributed by atoms with E-state index in [1.165, 1.54) is 0 Å². The summed E-state index contributed by atoms with van der Waals surface area (Å²) in [5.41, 5.74) is 10.4. The van der Waals surface area contributed by atoms with Gasteiger partial charge in [0.25, 0.3) is 0 Å². The van der Waals surface area contributed by atoms with E-state index in [1.807, 2.05) is 55.6 Å². The number of carboxylic acid groups (broad SMARTS) is 1. The number of benzene rings is 2. The summed E-state index contributed by atoms with van der Waals surface area (Å²) in [6, 6.07) is 12.4. The quantitative estimate of drug-likeness (QED) is 0.230. The van der Waals surface area contributed by atoms with Gasteiger partial charge in [0.15, 0.2) is 5.82 Å². The molecule has 11 heteroatoms. The van der Waals surface area contributed by atoms with Gasteiger partial charge in [-0.05, 0) is 61.8 Å². The van der Waals surface area contributed by atoms with Crippen LogP contribution in [-0.2, 0) is 4.79 Å². The number of imidazole rings is 1. The van der Waals surface area contributed by atoms with Crippen LogP contribution in [0.15, 0.2) is 48.7 Å². The third kappa shape index (κ3) is 4.11. The predicted molar refractivity (Wildman–Crippen MR) is 144 cm³/mol. The molecule has 0 saturated carbocycles. The van der Waals surface area contributed by atoms with Crippen LogP contribution in [0, 0.1) is 6.92 Å². The van der Waals surface area contributed by atoms with Crippen LogP contribution in [0.1, 0.15) is 12.2 Å². The summed E-state index contributed by atoms with van der Waals surface area (Å²) in [6.07, 6.45) is 3.97. The van der Waals surface area contributed by atoms with Gasteiger partial charge in [-0.15, -0.1) is 0 Å². The molecule has 5 rings (SSSR count). The smallest absolute Gasteiger partial charge is 0.326 e. The molecule has 5 aromatic rings. The lowest BCUT2D eigenvalue weighted by Crippen LogP contribution is -2.39. The van der Waals surface area contributed by atoms with Crippen LogP contribution in [-0.4, -0.2) is 61.0 Å². The number of H-pyrrole nitrogens is 2. The minimum atomic E-state index is -0.948. The van der Waals surface area contributed by atoms with Crippen molar-refractivity contribution in [1.29, 1.82) is 0 Å². The van der Waals surface area contributed by atoms with Crippen molar-refractivity contribution in [1.82, 2.24) is 24.7 Å². The molecule has 5 N–H and O–H groups in total. The number of aliphatic carboxylic acids is 1. The Morgan fingerprint density at radius 2 is 2.08 bits per heavy atom. The molecule has 2 aromatic carbocycles. The molecule has 0 amide bonds. The Hall–Kier alpha value is -4.12. The number of nitrogens with one attached hydrogen (secondary N) is 2. The number of anilines is 3. The lowest BCUT2D eigenvalue weighted by Gasteiger charge is -2.29. The Morgan fingerprint density at radius 3 is 2.83 bits per heavy atom. The lowest BCUT2D eigenvalue weighted by atomic mass is 10.1. The maximum absolute atomic E-state index is 12.5. The zero-order valence-corrected chi connectivity index (χ0v) is 21.0. The molecule has 1 atom stereocenters. The standard InChI is InChI=1S/C25H27N7O3S/c1-14-28-18-8-7-15(11-19(18)29-14)32-24(26)21(13-27-32)31(20(25(33)34)9-10-36-3)23-12-16-17(30-23)5-4-6-22(16)35-2/h4-8,11-13,20,30H,9-10,26H2,1-3H3,(H,28,29)(H,33,34)/t20-/m0/s1. The van der Waals surface area contributed by atoms with E-state index in [9.17, 15) is 9.90 Å². The summed E-state index contributed by atoms with van der Waals surface area (Å²) in [5, 5.41) is 15.6. The number of nitrogens with zero attached hydrogens (tertiary/aromatic N) is 4. The van der Waals surface area contributed by atoms with Crippen molar-refractivity contribution >= 4 is 57.0 Å². The Morgan fingerprint density at radius 1 is 1.25 bits per heavy atom. The molecular formula is C25H27N7O3S. The number of ether oxygens (including phenoxy) is 1. The molecule has 3 heterocycles. The summed E-state index contributed by atoms with van der Waals surface area (Å²) >= 11 is 1.59. The number of aromatic nitrogens is 5. The average Bonchev–Trinajstić information content (AvgIpc) is 3.56. The summed E-state index contributed by atoms with van der Waals surface area (Å²) in [4.78, 5) is 25.2. The highest BCUT2D eigenvalue weighted by Gasteiger charge is 2.31. The fourth-order valence-electron chi connectivity index (χ4n) is 4.48. The second kappa shape index (κ2) is 9.50. The van der Waals surface area contributed by atoms with Crippen LogP contribution < -0.4 is 15.4 Å². The largest absolute Gasteiger partial charge is 0.496 e. The van der Waals surface area contributed by atoms with E-state index in [4.69, 9.17) is 10.5 Å². The molecule has 36 heavy (non-hydrogen) atoms. The summed E-state index contributed by atoms with van der Waals surface area (Å²) in [5.74, 6) is 2.14. The van der Waals surface area contributed by atoms with E-state index in [0.29, 0.717) is 35.2 Å². The number of rotatable bonds is 9. The Bertz CT molecular complexity index is 1550. The highest BCUT2D eigenvalue weighted by Crippen LogP contribution is 2.38. The SMILES string of the molecule is COc1cccc2[nH]c(N(c3cnn(-c4ccc5nc(C)[nH]c5c4)c3N)[C@@H](CCSC)C(=O)O)cc12. The number of nitrogen functional groups attached to an aromatic ring is 1. The molecule has 186 valence electrons. The van der Waals surface area contributed by atoms with Gasteiger partial charge in [0, 0.05) is 5.39 Å². The number of methoxy groups -OCH3 is 1. The zero-order chi connectivity index (χ0) is 25.4. The molecule has 0 fully saturated rings. The Balaban J connectivity index is 1.65. The fraction of sp³-hybridized carbons (Fsp3) is 0.240. The molecule has 10 nitrogen and oxygen atoms in total. The molecule has 0 spiro atoms. The number of aryl methyl sites for hydroxylation is 1. The number of hydrogen-bond donors (Lipinski definition) is 4. The first-order valence-corrected chi connectivity index (χ1v) is 12.8. The number of nitrogens with two attached hydrogens (primary N) is 1. The topological polar surface area (TPSA) is 138 Å². The normalized spacial score (nSPS) is 12.3. The maximum Gasteiger partial charge on any atom is 0.326 e. The van der Waals surface area contributed by atoms with Gasteiger partial charge in [-0.3, -0.25) is 0 Å². The molecular weight excluding hydrogens is 478 g/mol. The molecule has 0 unspecified atom stereocenters. The van der Waals surface area contributed by atoms with Gasteiger partial charge in [0.1, 0.15) is 29.1 Å². The number of carbonyl (C=O) groups is 1. The van der Waals surface area contributed by atoms with E-state index in [1.54, 1.807) is 34.7 Å². The lowest BCUT2D eigenvalue weighted by molar-refractivity contribution is -0.138. The maximum atomic E-state index is 12.5. The predicted octanol–water partition coefficient (Wildman–Crippen LogP) is 4.47. The van der Waals surface area contributed by atoms with E-state index < -0.39 is 12.0 Å². The van der Waals surface area contributed by atoms with E-state index >= 15 is 0 Å². The van der Waals surface area contributed by atoms with Crippen LogP contribution in [0.25, 0.3) is 27.6 Å². The first kappa shape index (κ1) is 23.6. The molecule has 3 aromatic heterocycles. The Labute approximate surface area is 211 Å². The monoisotopic (exact) mass is 505 g/mol. The minimum absolute atomic E-state index is 0.326. The van der Waals surface area contributed by atoms with Crippen molar-refractivity contribution in [2.24, 2.45) is 0 Å². The van der Waals surface area contributed by atoms with Gasteiger partial charge >= 0.3 is 5.97 Å². The number of thioether (sulfide) groups is 1. The van der Waals surface area contributed by atoms with Crippen LogP contribution in [0.2, 0.25) is 0 Å². The van der Waals surface area contributed by atoms with Crippen molar-refractivity contribution in [3.63, 3.8) is 0 Å². The summed E-state index contributed by atoms with van der Waals surface area (Å²) in [7, 11) is 1.61. The van der Waals surface area contributed by atoms with Crippen LogP contribution >= 0.6 is 11.8 Å². The second-order valence-corrected chi connectivity index (χ2v) is 9.42. The second-order valence-electron chi connectivity index (χ2n) is 8.43. The van der Waals surface area contributed by atoms with Gasteiger partial charge < -0.3 is 30.4 Å². The number of hydrogen-bond acceptors (Lipinski definition) is 7. The van der Waals surface area contributed by atoms with Crippen molar-refractivity contribution < 1.29 is 14.6 Å². The van der Waals surface area contributed by atoms with Crippen molar-refractivity contribution in [3.8, 4) is 11.4 Å². The van der Waals surface area contributed by atoms with Gasteiger partial charge in [-0.1, -0.05) is 6.07 Å². The zero-order valence-electron chi connectivity index (χ0n) is 20.1.